The molecule has 1 aromatic heterocycles. The summed E-state index contributed by atoms with van der Waals surface area (Å²) in [6.45, 7) is 4.96. The van der Waals surface area contributed by atoms with Crippen molar-refractivity contribution in [1.82, 2.24) is 15.1 Å². The van der Waals surface area contributed by atoms with Crippen LogP contribution in [0.1, 0.15) is 36.2 Å². The van der Waals surface area contributed by atoms with Crippen molar-refractivity contribution in [3.05, 3.63) is 51.3 Å². The molecule has 1 aromatic carbocycles. The summed E-state index contributed by atoms with van der Waals surface area (Å²) >= 11 is 12.0. The lowest BCUT2D eigenvalue weighted by molar-refractivity contribution is 0.518. The Morgan fingerprint density at radius 1 is 1.30 bits per heavy atom. The molecule has 5 heteroatoms. The first-order chi connectivity index (χ1) is 9.51. The highest BCUT2D eigenvalue weighted by molar-refractivity contribution is 6.42. The first-order valence-corrected chi connectivity index (χ1v) is 7.44. The summed E-state index contributed by atoms with van der Waals surface area (Å²) in [6, 6.07) is 6.05. The van der Waals surface area contributed by atoms with Crippen molar-refractivity contribution in [3.8, 4) is 0 Å². The van der Waals surface area contributed by atoms with Gasteiger partial charge in [-0.05, 0) is 31.0 Å². The Bertz CT molecular complexity index is 593. The number of rotatable bonds is 5. The van der Waals surface area contributed by atoms with Crippen molar-refractivity contribution < 1.29 is 0 Å². The van der Waals surface area contributed by atoms with Gasteiger partial charge in [0.15, 0.2) is 0 Å². The highest BCUT2D eigenvalue weighted by Crippen LogP contribution is 2.27. The number of hydrogen-bond acceptors (Lipinski definition) is 2. The van der Waals surface area contributed by atoms with Crippen LogP contribution >= 0.6 is 23.2 Å². The Morgan fingerprint density at radius 3 is 2.60 bits per heavy atom. The van der Waals surface area contributed by atoms with E-state index in [-0.39, 0.29) is 6.04 Å². The third kappa shape index (κ3) is 3.54. The molecule has 1 N–H and O–H groups in total. The molecule has 0 saturated heterocycles. The largest absolute Gasteiger partial charge is 0.306 e. The van der Waals surface area contributed by atoms with Crippen molar-refractivity contribution in [2.75, 3.05) is 0 Å². The maximum Gasteiger partial charge on any atom is 0.0638 e. The highest BCUT2D eigenvalue weighted by atomic mass is 35.5. The van der Waals surface area contributed by atoms with Crippen molar-refractivity contribution in [3.63, 3.8) is 0 Å². The van der Waals surface area contributed by atoms with Crippen LogP contribution in [0.5, 0.6) is 0 Å². The predicted molar refractivity (Wildman–Crippen MR) is 84.3 cm³/mol. The lowest BCUT2D eigenvalue weighted by Gasteiger charge is -2.18. The van der Waals surface area contributed by atoms with Gasteiger partial charge in [0.05, 0.1) is 15.7 Å². The number of aryl methyl sites for hydroxylation is 2. The molecule has 108 valence electrons. The normalized spacial score (nSPS) is 12.7. The quantitative estimate of drug-likeness (QED) is 0.893. The Hall–Kier alpha value is -1.03. The van der Waals surface area contributed by atoms with Crippen LogP contribution in [0, 0.1) is 6.92 Å². The second kappa shape index (κ2) is 6.61. The van der Waals surface area contributed by atoms with Gasteiger partial charge in [-0.25, -0.2) is 0 Å². The zero-order chi connectivity index (χ0) is 14.7. The lowest BCUT2D eigenvalue weighted by atomic mass is 10.0. The van der Waals surface area contributed by atoms with Gasteiger partial charge in [0.1, 0.15) is 0 Å². The SMILES string of the molecule is CCC(NCc1cn(C)nc1C)c1ccc(Cl)c(Cl)c1. The van der Waals surface area contributed by atoms with E-state index in [9.17, 15) is 0 Å². The minimum atomic E-state index is 0.254. The summed E-state index contributed by atoms with van der Waals surface area (Å²) in [6.07, 6.45) is 3.03. The molecular weight excluding hydrogens is 293 g/mol. The number of halogens is 2. The summed E-state index contributed by atoms with van der Waals surface area (Å²) in [7, 11) is 1.94. The van der Waals surface area contributed by atoms with Crippen molar-refractivity contribution >= 4 is 23.2 Å². The molecule has 0 fully saturated rings. The van der Waals surface area contributed by atoms with Crippen LogP contribution in [0.4, 0.5) is 0 Å². The Labute approximate surface area is 129 Å². The van der Waals surface area contributed by atoms with Gasteiger partial charge in [-0.1, -0.05) is 36.2 Å². The molecule has 0 aliphatic carbocycles. The van der Waals surface area contributed by atoms with Crippen LogP contribution in [0.15, 0.2) is 24.4 Å². The fraction of sp³-hybridized carbons (Fsp3) is 0.400. The van der Waals surface area contributed by atoms with Gasteiger partial charge in [0.25, 0.3) is 0 Å². The van der Waals surface area contributed by atoms with E-state index in [0.717, 1.165) is 24.2 Å². The van der Waals surface area contributed by atoms with E-state index < -0.39 is 0 Å². The fourth-order valence-electron chi connectivity index (χ4n) is 2.28. The van der Waals surface area contributed by atoms with Crippen molar-refractivity contribution in [1.29, 1.82) is 0 Å². The Kier molecular flexibility index (Phi) is 5.08. The predicted octanol–water partition coefficient (Wildman–Crippen LogP) is 4.28. The standard InChI is InChI=1S/C15H19Cl2N3/c1-4-15(11-5-6-13(16)14(17)7-11)18-8-12-9-20(3)19-10(12)2/h5-7,9,15,18H,4,8H2,1-3H3. The average molecular weight is 312 g/mol. The molecule has 20 heavy (non-hydrogen) atoms. The monoisotopic (exact) mass is 311 g/mol. The molecule has 3 nitrogen and oxygen atoms in total. The van der Waals surface area contributed by atoms with Crippen LogP contribution in [0.3, 0.4) is 0 Å². The van der Waals surface area contributed by atoms with E-state index in [2.05, 4.69) is 17.3 Å². The molecular formula is C15H19Cl2N3. The smallest absolute Gasteiger partial charge is 0.0638 e. The molecule has 1 heterocycles. The summed E-state index contributed by atoms with van der Waals surface area (Å²) in [5.41, 5.74) is 3.43. The molecule has 0 spiro atoms. The molecule has 0 radical (unpaired) electrons. The number of aromatic nitrogens is 2. The number of benzene rings is 1. The third-order valence-corrected chi connectivity index (χ3v) is 4.15. The zero-order valence-electron chi connectivity index (χ0n) is 12.0. The third-order valence-electron chi connectivity index (χ3n) is 3.41. The van der Waals surface area contributed by atoms with Gasteiger partial charge in [-0.15, -0.1) is 0 Å². The number of hydrogen-bond donors (Lipinski definition) is 1. The second-order valence-corrected chi connectivity index (χ2v) is 5.74. The first kappa shape index (κ1) is 15.4. The maximum absolute atomic E-state index is 6.09. The topological polar surface area (TPSA) is 29.9 Å². The van der Waals surface area contributed by atoms with E-state index in [4.69, 9.17) is 23.2 Å². The van der Waals surface area contributed by atoms with Crippen molar-refractivity contribution in [2.24, 2.45) is 7.05 Å². The molecule has 2 rings (SSSR count). The van der Waals surface area contributed by atoms with Crippen LogP contribution in [-0.2, 0) is 13.6 Å². The summed E-state index contributed by atoms with van der Waals surface area (Å²) in [5, 5.41) is 9.09. The summed E-state index contributed by atoms with van der Waals surface area (Å²) < 4.78 is 1.84. The second-order valence-electron chi connectivity index (χ2n) is 4.93. The highest BCUT2D eigenvalue weighted by Gasteiger charge is 2.12. The van der Waals surface area contributed by atoms with Crippen molar-refractivity contribution in [2.45, 2.75) is 32.9 Å². The zero-order valence-corrected chi connectivity index (χ0v) is 13.5. The molecule has 0 saturated carbocycles. The lowest BCUT2D eigenvalue weighted by Crippen LogP contribution is -2.20. The molecule has 1 unspecified atom stereocenters. The van der Waals surface area contributed by atoms with Crippen LogP contribution in [-0.4, -0.2) is 9.78 Å². The van der Waals surface area contributed by atoms with Gasteiger partial charge in [-0.2, -0.15) is 5.10 Å². The van der Waals surface area contributed by atoms with E-state index in [1.165, 1.54) is 5.56 Å². The van der Waals surface area contributed by atoms with Gasteiger partial charge in [0.2, 0.25) is 0 Å². The van der Waals surface area contributed by atoms with E-state index in [1.807, 2.05) is 43.0 Å². The van der Waals surface area contributed by atoms with Gasteiger partial charge < -0.3 is 5.32 Å². The number of nitrogens with zero attached hydrogens (tertiary/aromatic N) is 2. The average Bonchev–Trinajstić information content (AvgIpc) is 2.73. The summed E-state index contributed by atoms with van der Waals surface area (Å²) in [4.78, 5) is 0. The fourth-order valence-corrected chi connectivity index (χ4v) is 2.59. The minimum absolute atomic E-state index is 0.254. The minimum Gasteiger partial charge on any atom is -0.306 e. The number of nitrogens with one attached hydrogen (secondary N) is 1. The Balaban J connectivity index is 2.09. The van der Waals surface area contributed by atoms with E-state index in [1.54, 1.807) is 0 Å². The Morgan fingerprint density at radius 2 is 2.05 bits per heavy atom. The summed E-state index contributed by atoms with van der Waals surface area (Å²) in [5.74, 6) is 0. The molecule has 2 aromatic rings. The van der Waals surface area contributed by atoms with Gasteiger partial charge >= 0.3 is 0 Å². The van der Waals surface area contributed by atoms with Crippen LogP contribution in [0.2, 0.25) is 10.0 Å². The van der Waals surface area contributed by atoms with Crippen LogP contribution < -0.4 is 5.32 Å². The van der Waals surface area contributed by atoms with E-state index in [0.29, 0.717) is 10.0 Å². The van der Waals surface area contributed by atoms with Gasteiger partial charge in [-0.3, -0.25) is 4.68 Å². The first-order valence-electron chi connectivity index (χ1n) is 6.68. The molecule has 0 aliphatic heterocycles. The molecule has 0 aliphatic rings. The van der Waals surface area contributed by atoms with Gasteiger partial charge in [0, 0.05) is 31.4 Å². The molecule has 0 bridgehead atoms. The van der Waals surface area contributed by atoms with E-state index >= 15 is 0 Å². The molecule has 0 amide bonds. The maximum atomic E-state index is 6.09. The van der Waals surface area contributed by atoms with Crippen LogP contribution in [0.25, 0.3) is 0 Å². The molecule has 1 atom stereocenters.